The molecule has 6 heteroatoms. The van der Waals surface area contributed by atoms with Gasteiger partial charge >= 0.3 is 0 Å². The number of amides is 2. The zero-order valence-electron chi connectivity index (χ0n) is 17.1. The molecule has 3 fully saturated rings. The van der Waals surface area contributed by atoms with E-state index in [2.05, 4.69) is 32.2 Å². The van der Waals surface area contributed by atoms with Crippen molar-refractivity contribution in [2.45, 2.75) is 37.8 Å². The van der Waals surface area contributed by atoms with Crippen molar-refractivity contribution in [1.82, 2.24) is 15.2 Å². The Morgan fingerprint density at radius 1 is 1.07 bits per heavy atom. The predicted octanol–water partition coefficient (Wildman–Crippen LogP) is 2.72. The molecule has 4 heterocycles. The maximum Gasteiger partial charge on any atom is 0.251 e. The minimum absolute atomic E-state index is 0.0522. The molecule has 30 heavy (non-hydrogen) atoms. The molecule has 0 saturated carbocycles. The van der Waals surface area contributed by atoms with Gasteiger partial charge in [0, 0.05) is 55.7 Å². The van der Waals surface area contributed by atoms with E-state index in [1.165, 1.54) is 5.69 Å². The zero-order valence-corrected chi connectivity index (χ0v) is 17.1. The Hall–Kier alpha value is -2.89. The third kappa shape index (κ3) is 3.55. The predicted molar refractivity (Wildman–Crippen MR) is 115 cm³/mol. The molecule has 3 aliphatic rings. The number of nitrogens with zero attached hydrogens (tertiary/aromatic N) is 3. The van der Waals surface area contributed by atoms with Crippen LogP contribution in [0, 0.1) is 11.8 Å². The number of benzene rings is 1. The van der Waals surface area contributed by atoms with Crippen LogP contribution < -0.4 is 10.2 Å². The van der Waals surface area contributed by atoms with Gasteiger partial charge in [-0.3, -0.25) is 14.6 Å². The molecule has 156 valence electrons. The van der Waals surface area contributed by atoms with Crippen molar-refractivity contribution in [3.05, 3.63) is 60.4 Å². The summed E-state index contributed by atoms with van der Waals surface area (Å²) in [6, 6.07) is 13.8. The molecule has 0 spiro atoms. The molecule has 1 aromatic heterocycles. The summed E-state index contributed by atoms with van der Waals surface area (Å²) in [5.41, 5.74) is 1.86. The van der Waals surface area contributed by atoms with Gasteiger partial charge in [0.15, 0.2) is 0 Å². The first kappa shape index (κ1) is 19.1. The van der Waals surface area contributed by atoms with Gasteiger partial charge in [-0.25, -0.2) is 0 Å². The number of pyridine rings is 1. The lowest BCUT2D eigenvalue weighted by atomic mass is 9.72. The van der Waals surface area contributed by atoms with Gasteiger partial charge in [-0.15, -0.1) is 0 Å². The first-order valence-electron chi connectivity index (χ1n) is 11.0. The van der Waals surface area contributed by atoms with E-state index in [1.54, 1.807) is 0 Å². The molecule has 0 aliphatic carbocycles. The standard InChI is InChI=1S/C24H28N4O2/c29-23-8-4-7-21-18-13-19(16-27(15-18)20-9-11-25-12-10-20)22(28(21)23)14-26-24(30)17-5-2-1-3-6-17/h1-3,5-6,9-12,18-19,21-22H,4,7-8,13-16H2,(H,26,30)/t18-,19+,21+,22+/m1/s1. The van der Waals surface area contributed by atoms with Gasteiger partial charge in [-0.2, -0.15) is 0 Å². The molecule has 3 aliphatic heterocycles. The molecule has 1 N–H and O–H groups in total. The third-order valence-corrected chi connectivity index (χ3v) is 7.03. The number of hydrogen-bond acceptors (Lipinski definition) is 4. The first-order chi connectivity index (χ1) is 14.7. The van der Waals surface area contributed by atoms with Gasteiger partial charge < -0.3 is 15.1 Å². The summed E-state index contributed by atoms with van der Waals surface area (Å²) in [5, 5.41) is 3.12. The van der Waals surface area contributed by atoms with Crippen LogP contribution in [0.3, 0.4) is 0 Å². The monoisotopic (exact) mass is 404 g/mol. The van der Waals surface area contributed by atoms with Crippen LogP contribution in [0.5, 0.6) is 0 Å². The quantitative estimate of drug-likeness (QED) is 0.851. The van der Waals surface area contributed by atoms with E-state index in [0.717, 1.165) is 32.4 Å². The summed E-state index contributed by atoms with van der Waals surface area (Å²) < 4.78 is 0. The maximum atomic E-state index is 12.9. The second kappa shape index (κ2) is 8.09. The first-order valence-corrected chi connectivity index (χ1v) is 11.0. The van der Waals surface area contributed by atoms with Gasteiger partial charge in [0.1, 0.15) is 0 Å². The van der Waals surface area contributed by atoms with E-state index in [-0.39, 0.29) is 23.9 Å². The zero-order chi connectivity index (χ0) is 20.5. The summed E-state index contributed by atoms with van der Waals surface area (Å²) in [6.45, 7) is 2.40. The number of carbonyl (C=O) groups is 2. The van der Waals surface area contributed by atoms with E-state index in [9.17, 15) is 9.59 Å². The average Bonchev–Trinajstić information content (AvgIpc) is 2.80. The van der Waals surface area contributed by atoms with Gasteiger partial charge in [0.25, 0.3) is 5.91 Å². The second-order valence-electron chi connectivity index (χ2n) is 8.77. The van der Waals surface area contributed by atoms with Crippen LogP contribution in [0.1, 0.15) is 36.0 Å². The molecule has 5 rings (SSSR count). The maximum absolute atomic E-state index is 12.9. The van der Waals surface area contributed by atoms with Gasteiger partial charge in [-0.1, -0.05) is 18.2 Å². The highest BCUT2D eigenvalue weighted by Gasteiger charge is 2.49. The summed E-state index contributed by atoms with van der Waals surface area (Å²) in [5.74, 6) is 1.03. The number of fused-ring (bicyclic) bond motifs is 4. The van der Waals surface area contributed by atoms with Crippen LogP contribution in [0.4, 0.5) is 5.69 Å². The lowest BCUT2D eigenvalue weighted by molar-refractivity contribution is -0.148. The molecule has 0 unspecified atom stereocenters. The van der Waals surface area contributed by atoms with Crippen molar-refractivity contribution in [1.29, 1.82) is 0 Å². The van der Waals surface area contributed by atoms with Crippen LogP contribution in [-0.2, 0) is 4.79 Å². The molecule has 4 atom stereocenters. The van der Waals surface area contributed by atoms with Crippen molar-refractivity contribution >= 4 is 17.5 Å². The van der Waals surface area contributed by atoms with Crippen LogP contribution in [0.25, 0.3) is 0 Å². The molecular formula is C24H28N4O2. The lowest BCUT2D eigenvalue weighted by Crippen LogP contribution is -2.67. The highest BCUT2D eigenvalue weighted by atomic mass is 16.2. The molecule has 2 bridgehead atoms. The minimum Gasteiger partial charge on any atom is -0.371 e. The Morgan fingerprint density at radius 2 is 1.83 bits per heavy atom. The number of anilines is 1. The normalized spacial score (nSPS) is 28.1. The number of piperidine rings is 3. The van der Waals surface area contributed by atoms with E-state index < -0.39 is 0 Å². The fourth-order valence-electron chi connectivity index (χ4n) is 5.69. The smallest absolute Gasteiger partial charge is 0.251 e. The topological polar surface area (TPSA) is 65.5 Å². The third-order valence-electron chi connectivity index (χ3n) is 7.03. The number of hydrogen-bond donors (Lipinski definition) is 1. The fourth-order valence-corrected chi connectivity index (χ4v) is 5.69. The van der Waals surface area contributed by atoms with Crippen molar-refractivity contribution in [2.75, 3.05) is 24.5 Å². The van der Waals surface area contributed by atoms with E-state index in [1.807, 2.05) is 42.7 Å². The Balaban J connectivity index is 1.38. The number of nitrogens with one attached hydrogen (secondary N) is 1. The number of carbonyl (C=O) groups excluding carboxylic acids is 2. The Bertz CT molecular complexity index is 904. The largest absolute Gasteiger partial charge is 0.371 e. The van der Waals surface area contributed by atoms with Crippen LogP contribution in [-0.4, -0.2) is 53.4 Å². The molecule has 3 saturated heterocycles. The molecule has 6 nitrogen and oxygen atoms in total. The van der Waals surface area contributed by atoms with Crippen molar-refractivity contribution in [3.8, 4) is 0 Å². The van der Waals surface area contributed by atoms with Gasteiger partial charge in [0.2, 0.25) is 5.91 Å². The van der Waals surface area contributed by atoms with E-state index in [0.29, 0.717) is 30.4 Å². The average molecular weight is 405 g/mol. The lowest BCUT2D eigenvalue weighted by Gasteiger charge is -2.57. The van der Waals surface area contributed by atoms with Crippen LogP contribution in [0.15, 0.2) is 54.9 Å². The summed E-state index contributed by atoms with van der Waals surface area (Å²) in [4.78, 5) is 34.3. The molecule has 0 radical (unpaired) electrons. The van der Waals surface area contributed by atoms with E-state index >= 15 is 0 Å². The Labute approximate surface area is 177 Å². The van der Waals surface area contributed by atoms with Crippen LogP contribution >= 0.6 is 0 Å². The highest BCUT2D eigenvalue weighted by molar-refractivity contribution is 5.94. The highest BCUT2D eigenvalue weighted by Crippen LogP contribution is 2.42. The van der Waals surface area contributed by atoms with Gasteiger partial charge in [-0.05, 0) is 55.4 Å². The van der Waals surface area contributed by atoms with Crippen molar-refractivity contribution in [2.24, 2.45) is 11.8 Å². The van der Waals surface area contributed by atoms with E-state index in [4.69, 9.17) is 0 Å². The van der Waals surface area contributed by atoms with Gasteiger partial charge in [0.05, 0.1) is 6.04 Å². The molecule has 2 aromatic rings. The second-order valence-corrected chi connectivity index (χ2v) is 8.77. The Morgan fingerprint density at radius 3 is 2.63 bits per heavy atom. The van der Waals surface area contributed by atoms with Crippen molar-refractivity contribution < 1.29 is 9.59 Å². The molecular weight excluding hydrogens is 376 g/mol. The summed E-state index contributed by atoms with van der Waals surface area (Å²) >= 11 is 0. The summed E-state index contributed by atoms with van der Waals surface area (Å²) in [6.07, 6.45) is 7.48. The van der Waals surface area contributed by atoms with Crippen molar-refractivity contribution in [3.63, 3.8) is 0 Å². The molecule has 2 amide bonds. The number of aromatic nitrogens is 1. The minimum atomic E-state index is -0.0690. The van der Waals surface area contributed by atoms with Crippen LogP contribution in [0.2, 0.25) is 0 Å². The Kier molecular flexibility index (Phi) is 5.15. The number of rotatable bonds is 4. The SMILES string of the molecule is O=C(NC[C@H]1[C@H]2C[C@H](CN(c3ccncc3)C2)[C@@H]2CCCC(=O)N21)c1ccccc1. The fraction of sp³-hybridized carbons (Fsp3) is 0.458. The molecule has 1 aromatic carbocycles. The summed E-state index contributed by atoms with van der Waals surface area (Å²) in [7, 11) is 0.